The van der Waals surface area contributed by atoms with E-state index in [1.165, 1.54) is 12.8 Å². The highest BCUT2D eigenvalue weighted by molar-refractivity contribution is 6.30. The number of hydrogen-bond donors (Lipinski definition) is 3. The quantitative estimate of drug-likeness (QED) is 0.475. The Morgan fingerprint density at radius 1 is 1.10 bits per heavy atom. The Hall–Kier alpha value is -2.67. The third kappa shape index (κ3) is 5.94. The van der Waals surface area contributed by atoms with Crippen LogP contribution in [0.15, 0.2) is 54.7 Å². The number of rotatable bonds is 9. The van der Waals surface area contributed by atoms with Gasteiger partial charge in [-0.25, -0.2) is 0 Å². The van der Waals surface area contributed by atoms with Crippen LogP contribution in [0.1, 0.15) is 34.3 Å². The third-order valence-corrected chi connectivity index (χ3v) is 5.84. The Morgan fingerprint density at radius 3 is 2.68 bits per heavy atom. The molecule has 1 aromatic heterocycles. The zero-order chi connectivity index (χ0) is 21.5. The molecule has 4 rings (SSSR count). The maximum atomic E-state index is 12.3. The Kier molecular flexibility index (Phi) is 7.35. The van der Waals surface area contributed by atoms with Crippen LogP contribution in [0.25, 0.3) is 11.3 Å². The average Bonchev–Trinajstić information content (AvgIpc) is 3.46. The van der Waals surface area contributed by atoms with Gasteiger partial charge in [-0.3, -0.25) is 9.89 Å². The molecule has 1 fully saturated rings. The largest absolute Gasteiger partial charge is 0.351 e. The van der Waals surface area contributed by atoms with Crippen molar-refractivity contribution in [1.82, 2.24) is 25.7 Å². The summed E-state index contributed by atoms with van der Waals surface area (Å²) in [5.74, 6) is -0.0109. The average molecular weight is 438 g/mol. The van der Waals surface area contributed by atoms with Gasteiger partial charge in [0.05, 0.1) is 11.9 Å². The van der Waals surface area contributed by atoms with Crippen LogP contribution in [-0.2, 0) is 13.1 Å². The molecule has 2 aromatic carbocycles. The molecule has 0 atom stereocenters. The van der Waals surface area contributed by atoms with E-state index in [0.29, 0.717) is 30.2 Å². The topological polar surface area (TPSA) is 73.1 Å². The molecule has 0 unspecified atom stereocenters. The Bertz CT molecular complexity index is 995. The number of carbonyl (C=O) groups is 1. The highest BCUT2D eigenvalue weighted by Gasteiger charge is 2.12. The van der Waals surface area contributed by atoms with Gasteiger partial charge >= 0.3 is 0 Å². The van der Waals surface area contributed by atoms with Crippen LogP contribution in [0.2, 0.25) is 5.02 Å². The minimum Gasteiger partial charge on any atom is -0.351 e. The first-order valence-corrected chi connectivity index (χ1v) is 11.2. The number of aromatic nitrogens is 2. The molecule has 1 amide bonds. The standard InChI is InChI=1S/C24H28ClN5O/c25-22-5-3-4-20(14-22)23-21(17-28-29-23)16-26-15-18-6-8-19(9-7-18)24(31)27-10-13-30-11-1-2-12-30/h3-9,14,17,26H,1-2,10-13,15-16H2,(H,27,31)(H,28,29). The summed E-state index contributed by atoms with van der Waals surface area (Å²) in [6.45, 7) is 5.31. The minimum absolute atomic E-state index is 0.0109. The predicted octanol–water partition coefficient (Wildman–Crippen LogP) is 3.85. The SMILES string of the molecule is O=C(NCCN1CCCC1)c1ccc(CNCc2cn[nH]c2-c2cccc(Cl)c2)cc1. The van der Waals surface area contributed by atoms with Crippen LogP contribution in [0.5, 0.6) is 0 Å². The van der Waals surface area contributed by atoms with E-state index in [1.54, 1.807) is 0 Å². The molecule has 0 saturated carbocycles. The van der Waals surface area contributed by atoms with Crippen LogP contribution in [-0.4, -0.2) is 47.2 Å². The highest BCUT2D eigenvalue weighted by atomic mass is 35.5. The molecule has 0 aliphatic carbocycles. The smallest absolute Gasteiger partial charge is 0.251 e. The molecule has 3 N–H and O–H groups in total. The lowest BCUT2D eigenvalue weighted by Gasteiger charge is -2.14. The van der Waals surface area contributed by atoms with E-state index in [0.717, 1.165) is 42.0 Å². The first kappa shape index (κ1) is 21.6. The Morgan fingerprint density at radius 2 is 1.90 bits per heavy atom. The summed E-state index contributed by atoms with van der Waals surface area (Å²) in [7, 11) is 0. The fourth-order valence-electron chi connectivity index (χ4n) is 3.89. The molecular formula is C24H28ClN5O. The number of carbonyl (C=O) groups excluding carboxylic acids is 1. The van der Waals surface area contributed by atoms with Crippen molar-refractivity contribution in [1.29, 1.82) is 0 Å². The molecule has 0 spiro atoms. The van der Waals surface area contributed by atoms with Crippen LogP contribution in [0, 0.1) is 0 Å². The summed E-state index contributed by atoms with van der Waals surface area (Å²) < 4.78 is 0. The number of likely N-dealkylation sites (tertiary alicyclic amines) is 1. The van der Waals surface area contributed by atoms with Crippen molar-refractivity contribution >= 4 is 17.5 Å². The summed E-state index contributed by atoms with van der Waals surface area (Å²) in [6.07, 6.45) is 4.37. The van der Waals surface area contributed by atoms with Crippen LogP contribution >= 0.6 is 11.6 Å². The van der Waals surface area contributed by atoms with E-state index in [1.807, 2.05) is 54.7 Å². The van der Waals surface area contributed by atoms with Gasteiger partial charge in [0.2, 0.25) is 0 Å². The van der Waals surface area contributed by atoms with Crippen LogP contribution < -0.4 is 10.6 Å². The number of aromatic amines is 1. The number of amides is 1. The number of benzene rings is 2. The molecule has 0 radical (unpaired) electrons. The maximum Gasteiger partial charge on any atom is 0.251 e. The zero-order valence-electron chi connectivity index (χ0n) is 17.5. The fraction of sp³-hybridized carbons (Fsp3) is 0.333. The number of H-pyrrole nitrogens is 1. The molecule has 6 nitrogen and oxygen atoms in total. The first-order valence-electron chi connectivity index (χ1n) is 10.8. The van der Waals surface area contributed by atoms with Crippen molar-refractivity contribution in [2.24, 2.45) is 0 Å². The minimum atomic E-state index is -0.0109. The summed E-state index contributed by atoms with van der Waals surface area (Å²) in [4.78, 5) is 14.7. The third-order valence-electron chi connectivity index (χ3n) is 5.60. The van der Waals surface area contributed by atoms with Crippen molar-refractivity contribution in [3.63, 3.8) is 0 Å². The zero-order valence-corrected chi connectivity index (χ0v) is 18.3. The molecule has 1 saturated heterocycles. The van der Waals surface area contributed by atoms with Crippen LogP contribution in [0.3, 0.4) is 0 Å². The molecule has 3 aromatic rings. The van der Waals surface area contributed by atoms with Crippen molar-refractivity contribution < 1.29 is 4.79 Å². The summed E-state index contributed by atoms with van der Waals surface area (Å²) >= 11 is 6.11. The molecule has 162 valence electrons. The lowest BCUT2D eigenvalue weighted by Crippen LogP contribution is -2.33. The molecule has 1 aliphatic rings. The van der Waals surface area contributed by atoms with Crippen molar-refractivity contribution in [3.8, 4) is 11.3 Å². The van der Waals surface area contributed by atoms with Gasteiger partial charge < -0.3 is 15.5 Å². The number of nitrogens with zero attached hydrogens (tertiary/aromatic N) is 2. The fourth-order valence-corrected chi connectivity index (χ4v) is 4.08. The molecule has 1 aliphatic heterocycles. The van der Waals surface area contributed by atoms with Gasteiger partial charge in [-0.15, -0.1) is 0 Å². The van der Waals surface area contributed by atoms with Crippen molar-refractivity contribution in [2.75, 3.05) is 26.2 Å². The lowest BCUT2D eigenvalue weighted by atomic mass is 10.1. The maximum absolute atomic E-state index is 12.3. The van der Waals surface area contributed by atoms with Crippen LogP contribution in [0.4, 0.5) is 0 Å². The van der Waals surface area contributed by atoms with E-state index < -0.39 is 0 Å². The van der Waals surface area contributed by atoms with E-state index in [-0.39, 0.29) is 5.91 Å². The van der Waals surface area contributed by atoms with E-state index >= 15 is 0 Å². The van der Waals surface area contributed by atoms with E-state index in [4.69, 9.17) is 11.6 Å². The Labute approximate surface area is 188 Å². The highest BCUT2D eigenvalue weighted by Crippen LogP contribution is 2.24. The molecule has 7 heteroatoms. The number of nitrogens with one attached hydrogen (secondary N) is 3. The van der Waals surface area contributed by atoms with Crippen molar-refractivity contribution in [3.05, 3.63) is 76.4 Å². The van der Waals surface area contributed by atoms with Crippen molar-refractivity contribution in [2.45, 2.75) is 25.9 Å². The van der Waals surface area contributed by atoms with Gasteiger partial charge in [-0.1, -0.05) is 35.9 Å². The summed E-state index contributed by atoms with van der Waals surface area (Å²) in [5.41, 5.74) is 4.89. The molecule has 31 heavy (non-hydrogen) atoms. The van der Waals surface area contributed by atoms with Gasteiger partial charge in [-0.2, -0.15) is 5.10 Å². The lowest BCUT2D eigenvalue weighted by molar-refractivity contribution is 0.0949. The van der Waals surface area contributed by atoms with Gasteiger partial charge in [0.1, 0.15) is 0 Å². The van der Waals surface area contributed by atoms with E-state index in [2.05, 4.69) is 25.7 Å². The second-order valence-corrected chi connectivity index (χ2v) is 8.32. The number of hydrogen-bond acceptors (Lipinski definition) is 4. The molecule has 0 bridgehead atoms. The first-order chi connectivity index (χ1) is 15.2. The number of halogens is 1. The predicted molar refractivity (Wildman–Crippen MR) is 124 cm³/mol. The Balaban J connectivity index is 1.24. The second kappa shape index (κ2) is 10.6. The molecule has 2 heterocycles. The normalized spacial score (nSPS) is 14.1. The second-order valence-electron chi connectivity index (χ2n) is 7.89. The summed E-state index contributed by atoms with van der Waals surface area (Å²) in [6, 6.07) is 15.5. The van der Waals surface area contributed by atoms with Gasteiger partial charge in [0.25, 0.3) is 5.91 Å². The summed E-state index contributed by atoms with van der Waals surface area (Å²) in [5, 5.41) is 14.4. The van der Waals surface area contributed by atoms with Gasteiger partial charge in [-0.05, 0) is 55.8 Å². The van der Waals surface area contributed by atoms with Gasteiger partial charge in [0, 0.05) is 47.9 Å². The van der Waals surface area contributed by atoms with Gasteiger partial charge in [0.15, 0.2) is 0 Å². The van der Waals surface area contributed by atoms with E-state index in [9.17, 15) is 4.79 Å². The molecular weight excluding hydrogens is 410 g/mol. The monoisotopic (exact) mass is 437 g/mol.